The molecule has 0 amide bonds. The van der Waals surface area contributed by atoms with Gasteiger partial charge in [0.1, 0.15) is 25.1 Å². The van der Waals surface area contributed by atoms with E-state index in [1.807, 2.05) is 6.07 Å². The number of hydrogen-bond acceptors (Lipinski definition) is 6. The Morgan fingerprint density at radius 1 is 0.962 bits per heavy atom. The number of fused-ring (bicyclic) bond motifs is 1. The number of ether oxygens (including phenoxy) is 4. The van der Waals surface area contributed by atoms with E-state index in [0.717, 1.165) is 0 Å². The molecule has 2 aromatic carbocycles. The summed E-state index contributed by atoms with van der Waals surface area (Å²) >= 11 is 0. The van der Waals surface area contributed by atoms with Crippen molar-refractivity contribution in [2.45, 2.75) is 26.1 Å². The summed E-state index contributed by atoms with van der Waals surface area (Å²) in [6.45, 7) is 3.40. The van der Waals surface area contributed by atoms with Gasteiger partial charge in [0.25, 0.3) is 0 Å². The summed E-state index contributed by atoms with van der Waals surface area (Å²) in [6.07, 6.45) is -1.30. The molecule has 0 bridgehead atoms. The number of carbonyl (C=O) groups is 2. The first-order chi connectivity index (χ1) is 12.6. The van der Waals surface area contributed by atoms with Gasteiger partial charge in [-0.05, 0) is 38.1 Å². The van der Waals surface area contributed by atoms with Gasteiger partial charge in [0.2, 0.25) is 6.10 Å². The molecule has 1 heterocycles. The van der Waals surface area contributed by atoms with Crippen molar-refractivity contribution in [3.63, 3.8) is 0 Å². The Labute approximate surface area is 151 Å². The molecule has 0 N–H and O–H groups in total. The van der Waals surface area contributed by atoms with Crippen LogP contribution < -0.4 is 14.2 Å². The van der Waals surface area contributed by atoms with Crippen LogP contribution in [0.3, 0.4) is 0 Å². The van der Waals surface area contributed by atoms with Gasteiger partial charge in [0, 0.05) is 0 Å². The first kappa shape index (κ1) is 17.8. The minimum atomic E-state index is -0.839. The van der Waals surface area contributed by atoms with Crippen LogP contribution in [0.15, 0.2) is 48.5 Å². The molecular weight excluding hydrogens is 336 g/mol. The topological polar surface area (TPSA) is 71.1 Å². The highest BCUT2D eigenvalue weighted by atomic mass is 16.6. The van der Waals surface area contributed by atoms with E-state index < -0.39 is 18.2 Å². The Bertz CT molecular complexity index is 800. The Balaban J connectivity index is 1.51. The minimum absolute atomic E-state index is 0.0410. The predicted octanol–water partition coefficient (Wildman–Crippen LogP) is 3.04. The van der Waals surface area contributed by atoms with Crippen LogP contribution in [0.25, 0.3) is 0 Å². The van der Waals surface area contributed by atoms with Crippen LogP contribution in [0, 0.1) is 0 Å². The average Bonchev–Trinajstić information content (AvgIpc) is 2.64. The zero-order valence-electron chi connectivity index (χ0n) is 14.6. The molecular formula is C20H20O6. The average molecular weight is 356 g/mol. The van der Waals surface area contributed by atoms with Crippen molar-refractivity contribution in [3.8, 4) is 17.2 Å². The fraction of sp³-hybridized carbons (Fsp3) is 0.300. The molecule has 0 saturated heterocycles. The van der Waals surface area contributed by atoms with E-state index in [9.17, 15) is 9.59 Å². The van der Waals surface area contributed by atoms with Gasteiger partial charge in [-0.15, -0.1) is 0 Å². The maximum absolute atomic E-state index is 12.3. The summed E-state index contributed by atoms with van der Waals surface area (Å²) in [5.74, 6) is 0.983. The first-order valence-corrected chi connectivity index (χ1v) is 8.38. The highest BCUT2D eigenvalue weighted by Crippen LogP contribution is 2.33. The highest BCUT2D eigenvalue weighted by Gasteiger charge is 2.35. The second kappa shape index (κ2) is 7.91. The number of rotatable bonds is 6. The van der Waals surface area contributed by atoms with Crippen molar-refractivity contribution in [1.29, 1.82) is 0 Å². The first-order valence-electron chi connectivity index (χ1n) is 8.38. The number of hydrogen-bond donors (Lipinski definition) is 0. The van der Waals surface area contributed by atoms with Crippen LogP contribution in [0.4, 0.5) is 0 Å². The van der Waals surface area contributed by atoms with Crippen LogP contribution in [-0.4, -0.2) is 37.2 Å². The highest BCUT2D eigenvalue weighted by molar-refractivity contribution is 5.96. The lowest BCUT2D eigenvalue weighted by molar-refractivity contribution is -0.158. The summed E-state index contributed by atoms with van der Waals surface area (Å²) in [5.41, 5.74) is 0.494. The Morgan fingerprint density at radius 3 is 2.35 bits per heavy atom. The van der Waals surface area contributed by atoms with Crippen molar-refractivity contribution in [2.75, 3.05) is 13.2 Å². The summed E-state index contributed by atoms with van der Waals surface area (Å²) in [7, 11) is 0. The van der Waals surface area contributed by atoms with Crippen molar-refractivity contribution >= 4 is 11.8 Å². The quantitative estimate of drug-likeness (QED) is 0.450. The van der Waals surface area contributed by atoms with Crippen molar-refractivity contribution < 1.29 is 28.5 Å². The largest absolute Gasteiger partial charge is 0.489 e. The van der Waals surface area contributed by atoms with Crippen molar-refractivity contribution in [2.24, 2.45) is 0 Å². The molecule has 6 heteroatoms. The molecule has 0 radical (unpaired) electrons. The predicted molar refractivity (Wildman–Crippen MR) is 93.8 cm³/mol. The molecule has 0 fully saturated rings. The third kappa shape index (κ3) is 3.96. The number of Topliss-reactive ketones (excluding diaryl/α,β-unsaturated/α-hetero) is 1. The second-order valence-electron chi connectivity index (χ2n) is 5.88. The molecule has 0 aromatic heterocycles. The van der Waals surface area contributed by atoms with E-state index in [1.54, 1.807) is 49.4 Å². The number of benzene rings is 2. The van der Waals surface area contributed by atoms with E-state index in [2.05, 4.69) is 0 Å². The molecule has 2 atom stereocenters. The van der Waals surface area contributed by atoms with Crippen molar-refractivity contribution in [3.05, 3.63) is 54.1 Å². The lowest BCUT2D eigenvalue weighted by Gasteiger charge is -2.30. The number of ketones is 1. The molecule has 1 aliphatic rings. The molecule has 2 aromatic rings. The molecule has 0 saturated carbocycles. The maximum Gasteiger partial charge on any atom is 0.351 e. The zero-order chi connectivity index (χ0) is 18.5. The lowest BCUT2D eigenvalue weighted by Crippen LogP contribution is -2.44. The summed E-state index contributed by atoms with van der Waals surface area (Å²) in [5, 5.41) is 0. The van der Waals surface area contributed by atoms with Gasteiger partial charge < -0.3 is 18.9 Å². The zero-order valence-corrected chi connectivity index (χ0v) is 14.6. The van der Waals surface area contributed by atoms with Crippen molar-refractivity contribution in [1.82, 2.24) is 0 Å². The maximum atomic E-state index is 12.3. The van der Waals surface area contributed by atoms with Crippen LogP contribution in [0.5, 0.6) is 17.2 Å². The van der Waals surface area contributed by atoms with Gasteiger partial charge in [-0.3, -0.25) is 4.79 Å². The third-order valence-electron chi connectivity index (χ3n) is 3.93. The van der Waals surface area contributed by atoms with E-state index >= 15 is 0 Å². The van der Waals surface area contributed by atoms with E-state index in [1.165, 1.54) is 6.92 Å². The fourth-order valence-corrected chi connectivity index (χ4v) is 2.64. The standard InChI is InChI=1S/C20H20O6/c1-13(21)15-7-3-4-8-16(15)23-11-12-24-20(22)19-14(2)25-17-9-5-6-10-18(17)26-19/h3-10,14,19H,11-12H2,1-2H3/t14-,19+/m0/s1. The monoisotopic (exact) mass is 356 g/mol. The fourth-order valence-electron chi connectivity index (χ4n) is 2.64. The van der Waals surface area contributed by atoms with Gasteiger partial charge >= 0.3 is 5.97 Å². The molecule has 26 heavy (non-hydrogen) atoms. The number of para-hydroxylation sites is 3. The van der Waals surface area contributed by atoms with E-state index in [0.29, 0.717) is 22.8 Å². The third-order valence-corrected chi connectivity index (χ3v) is 3.93. The normalized spacial score (nSPS) is 18.1. The van der Waals surface area contributed by atoms with Gasteiger partial charge in [0.15, 0.2) is 17.3 Å². The van der Waals surface area contributed by atoms with Gasteiger partial charge in [-0.2, -0.15) is 0 Å². The minimum Gasteiger partial charge on any atom is -0.489 e. The Kier molecular flexibility index (Phi) is 5.41. The summed E-state index contributed by atoms with van der Waals surface area (Å²) < 4.78 is 22.2. The second-order valence-corrected chi connectivity index (χ2v) is 5.88. The molecule has 0 unspecified atom stereocenters. The number of esters is 1. The lowest BCUT2D eigenvalue weighted by atomic mass is 10.1. The molecule has 136 valence electrons. The van der Waals surface area contributed by atoms with Crippen LogP contribution in [0.1, 0.15) is 24.2 Å². The van der Waals surface area contributed by atoms with Crippen LogP contribution in [0.2, 0.25) is 0 Å². The van der Waals surface area contributed by atoms with Gasteiger partial charge in [0.05, 0.1) is 5.56 Å². The van der Waals surface area contributed by atoms with Crippen LogP contribution >= 0.6 is 0 Å². The molecule has 6 nitrogen and oxygen atoms in total. The molecule has 3 rings (SSSR count). The molecule has 1 aliphatic heterocycles. The van der Waals surface area contributed by atoms with Gasteiger partial charge in [-0.25, -0.2) is 4.79 Å². The van der Waals surface area contributed by atoms with E-state index in [-0.39, 0.29) is 19.0 Å². The summed E-state index contributed by atoms with van der Waals surface area (Å²) in [6, 6.07) is 14.1. The van der Waals surface area contributed by atoms with E-state index in [4.69, 9.17) is 18.9 Å². The smallest absolute Gasteiger partial charge is 0.351 e. The molecule has 0 aliphatic carbocycles. The number of carbonyl (C=O) groups excluding carboxylic acids is 2. The molecule has 0 spiro atoms. The summed E-state index contributed by atoms with van der Waals surface area (Å²) in [4.78, 5) is 23.8. The van der Waals surface area contributed by atoms with Crippen LogP contribution in [-0.2, 0) is 9.53 Å². The SMILES string of the molecule is CC(=O)c1ccccc1OCCOC(=O)[C@@H]1Oc2ccccc2O[C@H]1C. The van der Waals surface area contributed by atoms with Gasteiger partial charge in [-0.1, -0.05) is 24.3 Å². The Hall–Kier alpha value is -3.02. The Morgan fingerprint density at radius 2 is 1.62 bits per heavy atom.